The Labute approximate surface area is 126 Å². The Morgan fingerprint density at radius 3 is 2.86 bits per heavy atom. The van der Waals surface area contributed by atoms with Crippen LogP contribution in [0.4, 0.5) is 0 Å². The highest BCUT2D eigenvalue weighted by Crippen LogP contribution is 2.45. The number of fused-ring (bicyclic) bond motifs is 2. The number of carbonyl (C=O) groups is 1. The summed E-state index contributed by atoms with van der Waals surface area (Å²) in [6.07, 6.45) is 12.7. The second kappa shape index (κ2) is 7.41. The lowest BCUT2D eigenvalue weighted by Gasteiger charge is -2.17. The summed E-state index contributed by atoms with van der Waals surface area (Å²) in [5, 5.41) is 0. The standard InChI is InChI=1S/C17H26O4/c18-17(20-11-16-10-19-12-21-16)5-3-1-2-4-14-8-13-6-7-15(14)9-13/h6-7,13-16H,1-5,8-12H2. The number of unbranched alkanes of at least 4 members (excludes halogenated alkanes) is 2. The Balaban J connectivity index is 1.18. The molecular formula is C17H26O4. The highest BCUT2D eigenvalue weighted by molar-refractivity contribution is 5.69. The van der Waals surface area contributed by atoms with E-state index in [1.807, 2.05) is 0 Å². The highest BCUT2D eigenvalue weighted by Gasteiger charge is 2.34. The molecule has 1 saturated heterocycles. The van der Waals surface area contributed by atoms with Crippen molar-refractivity contribution in [2.75, 3.05) is 20.0 Å². The van der Waals surface area contributed by atoms with Gasteiger partial charge in [0.2, 0.25) is 0 Å². The van der Waals surface area contributed by atoms with Gasteiger partial charge in [-0.15, -0.1) is 0 Å². The summed E-state index contributed by atoms with van der Waals surface area (Å²) in [5.74, 6) is 2.53. The Morgan fingerprint density at radius 1 is 1.19 bits per heavy atom. The summed E-state index contributed by atoms with van der Waals surface area (Å²) in [7, 11) is 0. The molecule has 0 N–H and O–H groups in total. The Morgan fingerprint density at radius 2 is 2.14 bits per heavy atom. The molecule has 4 unspecified atom stereocenters. The summed E-state index contributed by atoms with van der Waals surface area (Å²) < 4.78 is 15.5. The Kier molecular flexibility index (Phi) is 5.31. The van der Waals surface area contributed by atoms with Crippen molar-refractivity contribution in [1.29, 1.82) is 0 Å². The highest BCUT2D eigenvalue weighted by atomic mass is 16.7. The third-order valence-corrected chi connectivity index (χ3v) is 4.99. The molecule has 21 heavy (non-hydrogen) atoms. The summed E-state index contributed by atoms with van der Waals surface area (Å²) >= 11 is 0. The lowest BCUT2D eigenvalue weighted by Crippen LogP contribution is -2.20. The van der Waals surface area contributed by atoms with E-state index >= 15 is 0 Å². The summed E-state index contributed by atoms with van der Waals surface area (Å²) in [4.78, 5) is 11.6. The predicted octanol–water partition coefficient (Wildman–Crippen LogP) is 3.07. The van der Waals surface area contributed by atoms with E-state index in [1.165, 1.54) is 25.7 Å². The molecule has 0 radical (unpaired) electrons. The Bertz CT molecular complexity index is 373. The number of rotatable bonds is 8. The number of hydrogen-bond acceptors (Lipinski definition) is 4. The maximum atomic E-state index is 11.6. The third kappa shape index (κ3) is 4.30. The molecule has 0 aromatic carbocycles. The van der Waals surface area contributed by atoms with Crippen molar-refractivity contribution in [1.82, 2.24) is 0 Å². The predicted molar refractivity (Wildman–Crippen MR) is 78.6 cm³/mol. The van der Waals surface area contributed by atoms with Gasteiger partial charge in [0.05, 0.1) is 6.61 Å². The summed E-state index contributed by atoms with van der Waals surface area (Å²) in [5.41, 5.74) is 0. The topological polar surface area (TPSA) is 44.8 Å². The van der Waals surface area contributed by atoms with Crippen molar-refractivity contribution in [2.24, 2.45) is 17.8 Å². The fraction of sp³-hybridized carbons (Fsp3) is 0.824. The summed E-state index contributed by atoms with van der Waals surface area (Å²) in [6.45, 7) is 1.18. The van der Waals surface area contributed by atoms with Gasteiger partial charge in [-0.3, -0.25) is 4.79 Å². The van der Waals surface area contributed by atoms with Crippen LogP contribution < -0.4 is 0 Å². The molecule has 1 saturated carbocycles. The zero-order valence-electron chi connectivity index (χ0n) is 12.7. The van der Waals surface area contributed by atoms with Crippen molar-refractivity contribution in [3.8, 4) is 0 Å². The minimum atomic E-state index is -0.103. The van der Waals surface area contributed by atoms with Gasteiger partial charge in [0.15, 0.2) is 0 Å². The molecule has 0 aromatic heterocycles. The number of esters is 1. The molecule has 2 fully saturated rings. The number of carbonyl (C=O) groups excluding carboxylic acids is 1. The zero-order chi connectivity index (χ0) is 14.5. The molecule has 118 valence electrons. The van der Waals surface area contributed by atoms with Gasteiger partial charge in [-0.25, -0.2) is 0 Å². The van der Waals surface area contributed by atoms with Crippen LogP contribution in [-0.4, -0.2) is 32.1 Å². The van der Waals surface area contributed by atoms with Crippen molar-refractivity contribution < 1.29 is 19.0 Å². The number of ether oxygens (including phenoxy) is 3. The van der Waals surface area contributed by atoms with Crippen LogP contribution in [0.1, 0.15) is 44.9 Å². The van der Waals surface area contributed by atoms with E-state index in [2.05, 4.69) is 12.2 Å². The first-order valence-electron chi connectivity index (χ1n) is 8.34. The van der Waals surface area contributed by atoms with Crippen LogP contribution in [0.3, 0.4) is 0 Å². The largest absolute Gasteiger partial charge is 0.463 e. The van der Waals surface area contributed by atoms with Crippen molar-refractivity contribution in [2.45, 2.75) is 51.0 Å². The first-order valence-corrected chi connectivity index (χ1v) is 8.34. The van der Waals surface area contributed by atoms with Gasteiger partial charge in [0.25, 0.3) is 0 Å². The van der Waals surface area contributed by atoms with E-state index in [1.54, 1.807) is 0 Å². The first-order chi connectivity index (χ1) is 10.3. The van der Waals surface area contributed by atoms with Crippen LogP contribution in [0.25, 0.3) is 0 Å². The van der Waals surface area contributed by atoms with Gasteiger partial charge in [0, 0.05) is 6.42 Å². The zero-order valence-corrected chi connectivity index (χ0v) is 12.7. The van der Waals surface area contributed by atoms with Gasteiger partial charge in [-0.05, 0) is 43.4 Å². The maximum absolute atomic E-state index is 11.6. The normalized spacial score (nSPS) is 33.7. The number of hydrogen-bond donors (Lipinski definition) is 0. The molecule has 4 heteroatoms. The van der Waals surface area contributed by atoms with Crippen LogP contribution >= 0.6 is 0 Å². The molecule has 2 aliphatic carbocycles. The van der Waals surface area contributed by atoms with Crippen LogP contribution in [-0.2, 0) is 19.0 Å². The molecular weight excluding hydrogens is 268 g/mol. The van der Waals surface area contributed by atoms with Crippen molar-refractivity contribution in [3.05, 3.63) is 12.2 Å². The maximum Gasteiger partial charge on any atom is 0.305 e. The molecule has 1 heterocycles. The monoisotopic (exact) mass is 294 g/mol. The quantitative estimate of drug-likeness (QED) is 0.392. The minimum Gasteiger partial charge on any atom is -0.463 e. The second-order valence-corrected chi connectivity index (χ2v) is 6.60. The average Bonchev–Trinajstić information content (AvgIpc) is 3.22. The molecule has 0 amide bonds. The van der Waals surface area contributed by atoms with E-state index in [4.69, 9.17) is 14.2 Å². The van der Waals surface area contributed by atoms with E-state index < -0.39 is 0 Å². The average molecular weight is 294 g/mol. The molecule has 0 spiro atoms. The van der Waals surface area contributed by atoms with E-state index in [0.717, 1.165) is 30.6 Å². The van der Waals surface area contributed by atoms with Crippen LogP contribution in [0.15, 0.2) is 12.2 Å². The van der Waals surface area contributed by atoms with E-state index in [-0.39, 0.29) is 12.1 Å². The molecule has 3 aliphatic rings. The van der Waals surface area contributed by atoms with Gasteiger partial charge >= 0.3 is 5.97 Å². The molecule has 1 aliphatic heterocycles. The summed E-state index contributed by atoms with van der Waals surface area (Å²) in [6, 6.07) is 0. The molecule has 0 aromatic rings. The van der Waals surface area contributed by atoms with E-state index in [0.29, 0.717) is 26.4 Å². The first kappa shape index (κ1) is 15.0. The van der Waals surface area contributed by atoms with Crippen molar-refractivity contribution >= 4 is 5.97 Å². The SMILES string of the molecule is O=C(CCCCCC1CC2C=CC1C2)OCC1COCO1. The third-order valence-electron chi connectivity index (χ3n) is 4.99. The number of allylic oxidation sites excluding steroid dienone is 2. The Hall–Kier alpha value is -0.870. The molecule has 3 rings (SSSR count). The van der Waals surface area contributed by atoms with Crippen molar-refractivity contribution in [3.63, 3.8) is 0 Å². The lowest BCUT2D eigenvalue weighted by atomic mass is 9.88. The van der Waals surface area contributed by atoms with Crippen LogP contribution in [0.5, 0.6) is 0 Å². The molecule has 4 atom stereocenters. The van der Waals surface area contributed by atoms with Gasteiger partial charge in [-0.2, -0.15) is 0 Å². The van der Waals surface area contributed by atoms with Gasteiger partial charge < -0.3 is 14.2 Å². The molecule has 2 bridgehead atoms. The van der Waals surface area contributed by atoms with Crippen LogP contribution in [0.2, 0.25) is 0 Å². The lowest BCUT2D eigenvalue weighted by molar-refractivity contribution is -0.146. The molecule has 4 nitrogen and oxygen atoms in total. The smallest absolute Gasteiger partial charge is 0.305 e. The van der Waals surface area contributed by atoms with Crippen LogP contribution in [0, 0.1) is 17.8 Å². The van der Waals surface area contributed by atoms with Gasteiger partial charge in [-0.1, -0.05) is 25.0 Å². The fourth-order valence-corrected chi connectivity index (χ4v) is 3.81. The fourth-order valence-electron chi connectivity index (χ4n) is 3.81. The minimum absolute atomic E-state index is 0.0696. The second-order valence-electron chi connectivity index (χ2n) is 6.60. The van der Waals surface area contributed by atoms with Gasteiger partial charge in [0.1, 0.15) is 19.5 Å². The van der Waals surface area contributed by atoms with E-state index in [9.17, 15) is 4.79 Å².